The molecule has 0 aliphatic rings. The van der Waals surface area contributed by atoms with Crippen LogP contribution in [0.5, 0.6) is 0 Å². The minimum atomic E-state index is -0.598. The van der Waals surface area contributed by atoms with Crippen LogP contribution >= 0.6 is 15.9 Å². The number of para-hydroxylation sites is 2. The van der Waals surface area contributed by atoms with Gasteiger partial charge in [0.2, 0.25) is 0 Å². The highest BCUT2D eigenvalue weighted by Gasteiger charge is 2.18. The summed E-state index contributed by atoms with van der Waals surface area (Å²) in [6.45, 7) is -0.385. The molecule has 0 spiro atoms. The summed E-state index contributed by atoms with van der Waals surface area (Å²) in [7, 11) is 0. The number of carbonyl (C=O) groups excluding carboxylic acids is 2. The van der Waals surface area contributed by atoms with Crippen molar-refractivity contribution in [3.8, 4) is 11.1 Å². The summed E-state index contributed by atoms with van der Waals surface area (Å²) in [4.78, 5) is 27.8. The van der Waals surface area contributed by atoms with Gasteiger partial charge in [0.25, 0.3) is 5.91 Å². The maximum absolute atomic E-state index is 12.4. The number of esters is 1. The Labute approximate surface area is 175 Å². The topological polar surface area (TPSA) is 71.2 Å². The number of aromatic nitrogens is 1. The Morgan fingerprint density at radius 3 is 2.38 bits per heavy atom. The summed E-state index contributed by atoms with van der Waals surface area (Å²) in [5.74, 6) is -1.01. The first-order valence-electron chi connectivity index (χ1n) is 9.01. The van der Waals surface area contributed by atoms with Crippen molar-refractivity contribution < 1.29 is 14.3 Å². The Morgan fingerprint density at radius 2 is 1.59 bits per heavy atom. The molecule has 0 aliphatic carbocycles. The summed E-state index contributed by atoms with van der Waals surface area (Å²) in [6.07, 6.45) is 0. The second-order valence-corrected chi connectivity index (χ2v) is 7.19. The van der Waals surface area contributed by atoms with E-state index in [1.807, 2.05) is 78.9 Å². The lowest BCUT2D eigenvalue weighted by atomic mass is 10.0. The maximum atomic E-state index is 12.4. The van der Waals surface area contributed by atoms with Gasteiger partial charge in [0.15, 0.2) is 6.61 Å². The molecule has 0 saturated carbocycles. The summed E-state index contributed by atoms with van der Waals surface area (Å²) in [5, 5.41) is 3.69. The molecule has 1 aromatic heterocycles. The minimum Gasteiger partial charge on any atom is -0.451 e. The molecular formula is C23H17BrN2O3. The van der Waals surface area contributed by atoms with Crippen molar-refractivity contribution in [1.29, 1.82) is 0 Å². The van der Waals surface area contributed by atoms with Crippen LogP contribution in [0.1, 0.15) is 10.5 Å². The van der Waals surface area contributed by atoms with Gasteiger partial charge >= 0.3 is 5.97 Å². The molecule has 0 fully saturated rings. The third kappa shape index (κ3) is 4.07. The monoisotopic (exact) mass is 448 g/mol. The third-order valence-corrected chi connectivity index (χ3v) is 5.29. The fraction of sp³-hybridized carbons (Fsp3) is 0.0435. The van der Waals surface area contributed by atoms with E-state index in [9.17, 15) is 9.59 Å². The molecule has 2 N–H and O–H groups in total. The van der Waals surface area contributed by atoms with Gasteiger partial charge in [-0.25, -0.2) is 4.79 Å². The Kier molecular flexibility index (Phi) is 5.44. The number of benzene rings is 3. The molecule has 1 amide bonds. The number of aromatic amines is 1. The molecule has 144 valence electrons. The molecule has 5 nitrogen and oxygen atoms in total. The zero-order chi connectivity index (χ0) is 20.2. The molecule has 4 aromatic rings. The van der Waals surface area contributed by atoms with Crippen molar-refractivity contribution in [2.45, 2.75) is 0 Å². The van der Waals surface area contributed by atoms with E-state index in [4.69, 9.17) is 4.74 Å². The van der Waals surface area contributed by atoms with Crippen LogP contribution in [0.2, 0.25) is 0 Å². The van der Waals surface area contributed by atoms with Crippen LogP contribution in [0, 0.1) is 0 Å². The van der Waals surface area contributed by atoms with Crippen LogP contribution in [-0.2, 0) is 9.53 Å². The average molecular weight is 449 g/mol. The maximum Gasteiger partial charge on any atom is 0.356 e. The number of nitrogens with one attached hydrogen (secondary N) is 2. The zero-order valence-electron chi connectivity index (χ0n) is 15.3. The van der Waals surface area contributed by atoms with E-state index in [1.54, 1.807) is 0 Å². The van der Waals surface area contributed by atoms with Crippen molar-refractivity contribution in [3.63, 3.8) is 0 Å². The van der Waals surface area contributed by atoms with Gasteiger partial charge in [-0.1, -0.05) is 66.7 Å². The van der Waals surface area contributed by atoms with Gasteiger partial charge in [-0.2, -0.15) is 0 Å². The van der Waals surface area contributed by atoms with E-state index >= 15 is 0 Å². The SMILES string of the molecule is O=C(COC(=O)c1[nH]c2ccccc2c1Br)Nc1ccccc1-c1ccccc1. The van der Waals surface area contributed by atoms with Gasteiger partial charge in [-0.15, -0.1) is 0 Å². The number of rotatable bonds is 5. The molecule has 0 unspecified atom stereocenters. The largest absolute Gasteiger partial charge is 0.451 e. The van der Waals surface area contributed by atoms with Crippen LogP contribution in [0.3, 0.4) is 0 Å². The van der Waals surface area contributed by atoms with Crippen LogP contribution in [0.25, 0.3) is 22.0 Å². The molecule has 0 saturated heterocycles. The molecule has 0 radical (unpaired) electrons. The highest BCUT2D eigenvalue weighted by molar-refractivity contribution is 9.10. The van der Waals surface area contributed by atoms with Gasteiger partial charge in [0, 0.05) is 22.2 Å². The van der Waals surface area contributed by atoms with E-state index in [-0.39, 0.29) is 12.3 Å². The lowest BCUT2D eigenvalue weighted by molar-refractivity contribution is -0.119. The van der Waals surface area contributed by atoms with Gasteiger partial charge in [-0.05, 0) is 33.6 Å². The van der Waals surface area contributed by atoms with E-state index < -0.39 is 11.9 Å². The molecule has 3 aromatic carbocycles. The third-order valence-electron chi connectivity index (χ3n) is 4.47. The number of amides is 1. The predicted molar refractivity (Wildman–Crippen MR) is 117 cm³/mol. The molecule has 4 rings (SSSR count). The number of anilines is 1. The van der Waals surface area contributed by atoms with Gasteiger partial charge in [-0.3, -0.25) is 4.79 Å². The van der Waals surface area contributed by atoms with Crippen molar-refractivity contribution >= 4 is 44.4 Å². The lowest BCUT2D eigenvalue weighted by Gasteiger charge is -2.11. The van der Waals surface area contributed by atoms with Crippen molar-refractivity contribution in [2.24, 2.45) is 0 Å². The first-order valence-corrected chi connectivity index (χ1v) is 9.80. The lowest BCUT2D eigenvalue weighted by Crippen LogP contribution is -2.21. The number of hydrogen-bond acceptors (Lipinski definition) is 3. The highest BCUT2D eigenvalue weighted by atomic mass is 79.9. The van der Waals surface area contributed by atoms with Crippen LogP contribution < -0.4 is 5.32 Å². The van der Waals surface area contributed by atoms with Crippen molar-refractivity contribution in [2.75, 3.05) is 11.9 Å². The highest BCUT2D eigenvalue weighted by Crippen LogP contribution is 2.29. The van der Waals surface area contributed by atoms with E-state index in [1.165, 1.54) is 0 Å². The normalized spacial score (nSPS) is 10.7. The summed E-state index contributed by atoms with van der Waals surface area (Å²) < 4.78 is 5.82. The van der Waals surface area contributed by atoms with Gasteiger partial charge in [0.1, 0.15) is 5.69 Å². The van der Waals surface area contributed by atoms with E-state index in [0.29, 0.717) is 10.2 Å². The Morgan fingerprint density at radius 1 is 0.897 bits per heavy atom. The van der Waals surface area contributed by atoms with Crippen molar-refractivity contribution in [3.05, 3.63) is 89.0 Å². The first-order chi connectivity index (χ1) is 14.1. The predicted octanol–water partition coefficient (Wildman–Crippen LogP) is 5.39. The zero-order valence-corrected chi connectivity index (χ0v) is 16.9. The molecule has 1 heterocycles. The number of carbonyl (C=O) groups is 2. The molecule has 0 atom stereocenters. The number of H-pyrrole nitrogens is 1. The number of halogens is 1. The molecule has 29 heavy (non-hydrogen) atoms. The second-order valence-electron chi connectivity index (χ2n) is 6.40. The van der Waals surface area contributed by atoms with E-state index in [0.717, 1.165) is 22.0 Å². The quantitative estimate of drug-likeness (QED) is 0.401. The van der Waals surface area contributed by atoms with E-state index in [2.05, 4.69) is 26.2 Å². The van der Waals surface area contributed by atoms with Crippen LogP contribution in [0.4, 0.5) is 5.69 Å². The fourth-order valence-electron chi connectivity index (χ4n) is 3.10. The first kappa shape index (κ1) is 19.0. The molecular weight excluding hydrogens is 432 g/mol. The Hall–Kier alpha value is -3.38. The number of ether oxygens (including phenoxy) is 1. The smallest absolute Gasteiger partial charge is 0.356 e. The Bertz CT molecular complexity index is 1190. The average Bonchev–Trinajstić information content (AvgIpc) is 3.10. The summed E-state index contributed by atoms with van der Waals surface area (Å²) in [5.41, 5.74) is 3.64. The van der Waals surface area contributed by atoms with Crippen LogP contribution in [0.15, 0.2) is 83.3 Å². The van der Waals surface area contributed by atoms with Gasteiger partial charge in [0.05, 0.1) is 4.47 Å². The molecule has 0 aliphatic heterocycles. The van der Waals surface area contributed by atoms with Crippen LogP contribution in [-0.4, -0.2) is 23.5 Å². The molecule has 0 bridgehead atoms. The minimum absolute atomic E-state index is 0.281. The summed E-state index contributed by atoms with van der Waals surface area (Å²) in [6, 6.07) is 24.8. The van der Waals surface area contributed by atoms with Crippen molar-refractivity contribution in [1.82, 2.24) is 4.98 Å². The summed E-state index contributed by atoms with van der Waals surface area (Å²) >= 11 is 3.42. The standard InChI is InChI=1S/C23H17BrN2O3/c24-21-17-11-5-7-13-19(17)26-22(21)23(28)29-14-20(27)25-18-12-6-4-10-16(18)15-8-2-1-3-9-15/h1-13,26H,14H2,(H,25,27). The second kappa shape index (κ2) is 8.32. The van der Waals surface area contributed by atoms with Gasteiger partial charge < -0.3 is 15.0 Å². The number of hydrogen-bond donors (Lipinski definition) is 2. The Balaban J connectivity index is 1.44. The fourth-order valence-corrected chi connectivity index (χ4v) is 3.71. The molecule has 6 heteroatoms. The number of fused-ring (bicyclic) bond motifs is 1.